The Morgan fingerprint density at radius 1 is 1.36 bits per heavy atom. The van der Waals surface area contributed by atoms with E-state index in [1.165, 1.54) is 0 Å². The van der Waals surface area contributed by atoms with Crippen molar-refractivity contribution in [2.75, 3.05) is 5.73 Å². The molecule has 0 saturated carbocycles. The van der Waals surface area contributed by atoms with E-state index < -0.39 is 17.7 Å². The molecule has 1 atom stereocenters. The first-order valence-corrected chi connectivity index (χ1v) is 10.9. The lowest BCUT2D eigenvalue weighted by Gasteiger charge is -2.22. The van der Waals surface area contributed by atoms with Crippen molar-refractivity contribution in [1.82, 2.24) is 35.3 Å². The number of benzene rings is 1. The van der Waals surface area contributed by atoms with Gasteiger partial charge in [-0.25, -0.2) is 9.78 Å². The summed E-state index contributed by atoms with van der Waals surface area (Å²) < 4.78 is 7.16. The van der Waals surface area contributed by atoms with Crippen molar-refractivity contribution in [3.05, 3.63) is 46.6 Å². The van der Waals surface area contributed by atoms with Gasteiger partial charge in [-0.3, -0.25) is 9.78 Å². The average Bonchev–Trinajstić information content (AvgIpc) is 3.42. The number of halogens is 1. The number of carbonyl (C=O) groups is 1. The quantitative estimate of drug-likeness (QED) is 0.347. The number of aromatic nitrogens is 6. The molecule has 0 aliphatic heterocycles. The molecular formula is C22H27ClN8O2. The van der Waals surface area contributed by atoms with Crippen molar-refractivity contribution in [3.63, 3.8) is 0 Å². The Morgan fingerprint density at radius 3 is 2.79 bits per heavy atom. The van der Waals surface area contributed by atoms with Gasteiger partial charge in [-0.15, -0.1) is 0 Å². The minimum absolute atomic E-state index is 0.336. The molecule has 0 aliphatic rings. The molecular weight excluding hydrogens is 444 g/mol. The van der Waals surface area contributed by atoms with Crippen LogP contribution >= 0.6 is 11.6 Å². The molecule has 11 heteroatoms. The number of imidazole rings is 1. The van der Waals surface area contributed by atoms with E-state index in [1.54, 1.807) is 10.9 Å². The molecule has 0 aliphatic carbocycles. The molecule has 3 aromatic heterocycles. The Balaban J connectivity index is 1.65. The number of aryl methyl sites for hydroxylation is 1. The molecule has 0 saturated heterocycles. The highest BCUT2D eigenvalue weighted by Gasteiger charge is 2.25. The van der Waals surface area contributed by atoms with Crippen molar-refractivity contribution in [3.8, 4) is 11.3 Å². The standard InChI is InChI=1S/C22H27ClN8O2/c1-11-18(23)15(30-31(11)5)9-16(27-21(32)33-22(2,3)4)20-25-10-17(26-20)12-6-7-13-14(8-12)28-29-19(13)24/h6-8,10,16H,9H2,1-5H3,(H,25,26)(H,27,32)(H3,24,28,29)/t16-/m0/s1. The molecule has 174 valence electrons. The largest absolute Gasteiger partial charge is 0.444 e. The zero-order valence-electron chi connectivity index (χ0n) is 19.2. The summed E-state index contributed by atoms with van der Waals surface area (Å²) in [5.41, 5.74) is 9.12. The van der Waals surface area contributed by atoms with Crippen LogP contribution in [0.4, 0.5) is 10.6 Å². The molecule has 10 nitrogen and oxygen atoms in total. The summed E-state index contributed by atoms with van der Waals surface area (Å²) in [6.45, 7) is 7.32. The van der Waals surface area contributed by atoms with Gasteiger partial charge in [0.05, 0.1) is 33.7 Å². The Kier molecular flexibility index (Phi) is 5.79. The maximum absolute atomic E-state index is 12.6. The lowest BCUT2D eigenvalue weighted by Crippen LogP contribution is -2.36. The predicted molar refractivity (Wildman–Crippen MR) is 127 cm³/mol. The summed E-state index contributed by atoms with van der Waals surface area (Å²) in [4.78, 5) is 20.5. The van der Waals surface area contributed by atoms with Gasteiger partial charge in [0, 0.05) is 30.6 Å². The van der Waals surface area contributed by atoms with Crippen LogP contribution in [-0.4, -0.2) is 41.6 Å². The molecule has 0 fully saturated rings. The fourth-order valence-corrected chi connectivity index (χ4v) is 3.74. The third-order valence-electron chi connectivity index (χ3n) is 5.23. The summed E-state index contributed by atoms with van der Waals surface area (Å²) in [6.07, 6.45) is 1.57. The first kappa shape index (κ1) is 22.7. The molecule has 0 radical (unpaired) electrons. The van der Waals surface area contributed by atoms with Gasteiger partial charge in [0.15, 0.2) is 5.82 Å². The number of fused-ring (bicyclic) bond motifs is 1. The number of nitrogens with two attached hydrogens (primary N) is 1. The van der Waals surface area contributed by atoms with Crippen LogP contribution in [0.2, 0.25) is 5.02 Å². The summed E-state index contributed by atoms with van der Waals surface area (Å²) in [5, 5.41) is 15.7. The molecule has 0 bridgehead atoms. The molecule has 3 heterocycles. The van der Waals surface area contributed by atoms with Crippen LogP contribution in [0.1, 0.15) is 44.0 Å². The normalized spacial score (nSPS) is 12.8. The minimum Gasteiger partial charge on any atom is -0.444 e. The number of alkyl carbamates (subject to hydrolysis) is 1. The second-order valence-electron chi connectivity index (χ2n) is 8.91. The number of carbonyl (C=O) groups excluding carboxylic acids is 1. The zero-order chi connectivity index (χ0) is 23.9. The van der Waals surface area contributed by atoms with Gasteiger partial charge in [-0.1, -0.05) is 17.7 Å². The number of hydrogen-bond acceptors (Lipinski definition) is 6. The lowest BCUT2D eigenvalue weighted by molar-refractivity contribution is 0.0501. The third-order valence-corrected chi connectivity index (χ3v) is 5.72. The number of anilines is 1. The van der Waals surface area contributed by atoms with Crippen molar-refractivity contribution in [2.24, 2.45) is 7.05 Å². The van der Waals surface area contributed by atoms with Crippen molar-refractivity contribution < 1.29 is 9.53 Å². The molecule has 5 N–H and O–H groups in total. The molecule has 0 spiro atoms. The number of aromatic amines is 2. The van der Waals surface area contributed by atoms with Crippen LogP contribution in [0, 0.1) is 6.92 Å². The van der Waals surface area contributed by atoms with Crippen molar-refractivity contribution in [2.45, 2.75) is 45.8 Å². The van der Waals surface area contributed by atoms with Gasteiger partial charge in [0.2, 0.25) is 0 Å². The Morgan fingerprint density at radius 2 is 2.12 bits per heavy atom. The molecule has 4 rings (SSSR count). The monoisotopic (exact) mass is 470 g/mol. The Labute approximate surface area is 195 Å². The number of nitrogens with zero attached hydrogens (tertiary/aromatic N) is 4. The predicted octanol–water partition coefficient (Wildman–Crippen LogP) is 4.04. The Bertz CT molecular complexity index is 1310. The first-order chi connectivity index (χ1) is 15.5. The molecule has 33 heavy (non-hydrogen) atoms. The average molecular weight is 471 g/mol. The summed E-state index contributed by atoms with van der Waals surface area (Å²) >= 11 is 6.47. The number of ether oxygens (including phenoxy) is 1. The minimum atomic E-state index is -0.635. The topological polar surface area (TPSA) is 140 Å². The third kappa shape index (κ3) is 4.80. The van der Waals surface area contributed by atoms with Crippen molar-refractivity contribution in [1.29, 1.82) is 0 Å². The number of amides is 1. The second kappa shape index (κ2) is 8.43. The lowest BCUT2D eigenvalue weighted by atomic mass is 10.1. The maximum Gasteiger partial charge on any atom is 0.408 e. The van der Waals surface area contributed by atoms with Crippen LogP contribution in [0.5, 0.6) is 0 Å². The van der Waals surface area contributed by atoms with Gasteiger partial charge in [-0.2, -0.15) is 10.2 Å². The second-order valence-corrected chi connectivity index (χ2v) is 9.29. The summed E-state index contributed by atoms with van der Waals surface area (Å²) in [6, 6.07) is 5.20. The fourth-order valence-electron chi connectivity index (χ4n) is 3.50. The Hall–Kier alpha value is -3.53. The van der Waals surface area contributed by atoms with Gasteiger partial charge >= 0.3 is 6.09 Å². The van der Waals surface area contributed by atoms with Gasteiger partial charge in [0.1, 0.15) is 11.4 Å². The van der Waals surface area contributed by atoms with E-state index in [-0.39, 0.29) is 0 Å². The highest BCUT2D eigenvalue weighted by Crippen LogP contribution is 2.28. The molecule has 4 aromatic rings. The number of rotatable bonds is 5. The molecule has 1 amide bonds. The highest BCUT2D eigenvalue weighted by atomic mass is 35.5. The SMILES string of the molecule is Cc1c(Cl)c(C[C@H](NC(=O)OC(C)(C)C)c2nc(-c3ccc4c(N)n[nH]c4c3)c[nH]2)nn1C. The van der Waals surface area contributed by atoms with Crippen LogP contribution < -0.4 is 11.1 Å². The van der Waals surface area contributed by atoms with Crippen LogP contribution in [0.15, 0.2) is 24.4 Å². The van der Waals surface area contributed by atoms with Crippen LogP contribution in [0.3, 0.4) is 0 Å². The van der Waals surface area contributed by atoms with Crippen LogP contribution in [-0.2, 0) is 18.2 Å². The number of hydrogen-bond donors (Lipinski definition) is 4. The van der Waals surface area contributed by atoms with E-state index in [1.807, 2.05) is 52.9 Å². The van der Waals surface area contributed by atoms with E-state index >= 15 is 0 Å². The first-order valence-electron chi connectivity index (χ1n) is 10.5. The van der Waals surface area contributed by atoms with E-state index in [2.05, 4.69) is 25.6 Å². The van der Waals surface area contributed by atoms with E-state index in [4.69, 9.17) is 27.1 Å². The maximum atomic E-state index is 12.6. The van der Waals surface area contributed by atoms with Crippen molar-refractivity contribution >= 4 is 34.4 Å². The van der Waals surface area contributed by atoms with Gasteiger partial charge in [0.25, 0.3) is 0 Å². The molecule has 1 aromatic carbocycles. The summed E-state index contributed by atoms with van der Waals surface area (Å²) in [5.74, 6) is 1.00. The van der Waals surface area contributed by atoms with Crippen LogP contribution in [0.25, 0.3) is 22.2 Å². The number of H-pyrrole nitrogens is 2. The smallest absolute Gasteiger partial charge is 0.408 e. The molecule has 0 unspecified atom stereocenters. The number of nitrogen functional groups attached to an aromatic ring is 1. The van der Waals surface area contributed by atoms with Gasteiger partial charge < -0.3 is 20.8 Å². The fraction of sp³-hybridized carbons (Fsp3) is 0.364. The zero-order valence-corrected chi connectivity index (χ0v) is 19.9. The van der Waals surface area contributed by atoms with Gasteiger partial charge in [-0.05, 0) is 39.8 Å². The van der Waals surface area contributed by atoms with E-state index in [0.717, 1.165) is 22.2 Å². The van der Waals surface area contributed by atoms with E-state index in [0.29, 0.717) is 34.5 Å². The highest BCUT2D eigenvalue weighted by molar-refractivity contribution is 6.31. The number of nitrogens with one attached hydrogen (secondary N) is 3. The summed E-state index contributed by atoms with van der Waals surface area (Å²) in [7, 11) is 1.82. The van der Waals surface area contributed by atoms with E-state index in [9.17, 15) is 4.79 Å².